The second-order valence-corrected chi connectivity index (χ2v) is 6.46. The first-order chi connectivity index (χ1) is 9.44. The van der Waals surface area contributed by atoms with Crippen LogP contribution >= 0.6 is 0 Å². The van der Waals surface area contributed by atoms with E-state index in [1.165, 1.54) is 19.3 Å². The molecule has 1 N–H and O–H groups in total. The van der Waals surface area contributed by atoms with Gasteiger partial charge in [-0.25, -0.2) is 0 Å². The maximum absolute atomic E-state index is 5.29. The molecule has 0 saturated carbocycles. The predicted molar refractivity (Wildman–Crippen MR) is 89.4 cm³/mol. The fourth-order valence-corrected chi connectivity index (χ4v) is 2.55. The predicted octanol–water partition coefficient (Wildman–Crippen LogP) is 3.54. The summed E-state index contributed by atoms with van der Waals surface area (Å²) in [5.41, 5.74) is 0.376. The van der Waals surface area contributed by atoms with Crippen molar-refractivity contribution in [2.75, 3.05) is 33.4 Å². The number of rotatable bonds is 12. The van der Waals surface area contributed by atoms with Gasteiger partial charge in [-0.2, -0.15) is 0 Å². The number of nitrogens with zero attached hydrogens (tertiary/aromatic N) is 1. The summed E-state index contributed by atoms with van der Waals surface area (Å²) in [5, 5.41) is 3.65. The Kier molecular flexibility index (Phi) is 10.5. The first kappa shape index (κ1) is 19.9. The largest absolute Gasteiger partial charge is 0.383 e. The molecule has 0 saturated heterocycles. The lowest BCUT2D eigenvalue weighted by Crippen LogP contribution is -2.48. The highest BCUT2D eigenvalue weighted by Crippen LogP contribution is 2.28. The van der Waals surface area contributed by atoms with Crippen LogP contribution in [-0.4, -0.2) is 50.3 Å². The normalized spacial score (nSPS) is 14.2. The Balaban J connectivity index is 4.77. The Morgan fingerprint density at radius 3 is 2.10 bits per heavy atom. The summed E-state index contributed by atoms with van der Waals surface area (Å²) in [6.45, 7) is 17.9. The van der Waals surface area contributed by atoms with Crippen LogP contribution in [0.15, 0.2) is 0 Å². The van der Waals surface area contributed by atoms with Crippen molar-refractivity contribution >= 4 is 0 Å². The quantitative estimate of drug-likeness (QED) is 0.594. The van der Waals surface area contributed by atoms with Crippen molar-refractivity contribution in [3.05, 3.63) is 0 Å². The first-order valence-corrected chi connectivity index (χ1v) is 8.41. The molecule has 122 valence electrons. The van der Waals surface area contributed by atoms with Gasteiger partial charge in [0.25, 0.3) is 0 Å². The molecule has 0 aromatic heterocycles. The number of methoxy groups -OCH3 is 1. The van der Waals surface area contributed by atoms with Gasteiger partial charge >= 0.3 is 0 Å². The summed E-state index contributed by atoms with van der Waals surface area (Å²) in [4.78, 5) is 2.61. The highest BCUT2D eigenvalue weighted by molar-refractivity contribution is 4.85. The topological polar surface area (TPSA) is 24.5 Å². The molecule has 0 heterocycles. The van der Waals surface area contributed by atoms with Crippen molar-refractivity contribution in [3.63, 3.8) is 0 Å². The number of ether oxygens (including phenoxy) is 1. The van der Waals surface area contributed by atoms with Crippen LogP contribution in [0.1, 0.15) is 60.8 Å². The zero-order valence-electron chi connectivity index (χ0n) is 15.0. The van der Waals surface area contributed by atoms with Gasteiger partial charge in [-0.05, 0) is 31.6 Å². The Morgan fingerprint density at radius 2 is 1.70 bits per heavy atom. The number of hydrogen-bond donors (Lipinski definition) is 1. The van der Waals surface area contributed by atoms with Gasteiger partial charge in [0, 0.05) is 38.8 Å². The van der Waals surface area contributed by atoms with Gasteiger partial charge in [-0.3, -0.25) is 4.90 Å². The van der Waals surface area contributed by atoms with Crippen LogP contribution in [0.5, 0.6) is 0 Å². The van der Waals surface area contributed by atoms with Crippen LogP contribution in [0.25, 0.3) is 0 Å². The van der Waals surface area contributed by atoms with E-state index in [0.717, 1.165) is 26.2 Å². The van der Waals surface area contributed by atoms with E-state index in [2.05, 4.69) is 51.8 Å². The monoisotopic (exact) mass is 286 g/mol. The SMILES string of the molecule is CCC(C)N(CCOC)CC(CC)(CC)CNC(C)C. The van der Waals surface area contributed by atoms with E-state index < -0.39 is 0 Å². The number of nitrogens with one attached hydrogen (secondary N) is 1. The molecule has 0 radical (unpaired) electrons. The summed E-state index contributed by atoms with van der Waals surface area (Å²) in [7, 11) is 1.79. The second kappa shape index (κ2) is 10.6. The van der Waals surface area contributed by atoms with Crippen LogP contribution < -0.4 is 5.32 Å². The van der Waals surface area contributed by atoms with E-state index in [1.807, 2.05) is 0 Å². The van der Waals surface area contributed by atoms with Crippen molar-refractivity contribution in [1.82, 2.24) is 10.2 Å². The second-order valence-electron chi connectivity index (χ2n) is 6.46. The fraction of sp³-hybridized carbons (Fsp3) is 1.00. The molecule has 0 aromatic rings. The molecule has 0 aliphatic heterocycles. The van der Waals surface area contributed by atoms with E-state index in [1.54, 1.807) is 7.11 Å². The van der Waals surface area contributed by atoms with Crippen LogP contribution in [-0.2, 0) is 4.74 Å². The average molecular weight is 287 g/mol. The summed E-state index contributed by atoms with van der Waals surface area (Å²) in [6.07, 6.45) is 3.65. The summed E-state index contributed by atoms with van der Waals surface area (Å²) >= 11 is 0. The molecule has 3 nitrogen and oxygen atoms in total. The third-order valence-electron chi connectivity index (χ3n) is 4.72. The lowest BCUT2D eigenvalue weighted by atomic mass is 9.81. The van der Waals surface area contributed by atoms with Crippen LogP contribution in [0, 0.1) is 5.41 Å². The average Bonchev–Trinajstić information content (AvgIpc) is 2.46. The summed E-state index contributed by atoms with van der Waals surface area (Å²) in [6, 6.07) is 1.19. The molecule has 0 aliphatic rings. The van der Waals surface area contributed by atoms with E-state index in [-0.39, 0.29) is 0 Å². The Hall–Kier alpha value is -0.120. The van der Waals surface area contributed by atoms with Crippen molar-refractivity contribution in [2.24, 2.45) is 5.41 Å². The van der Waals surface area contributed by atoms with Crippen LogP contribution in [0.2, 0.25) is 0 Å². The molecule has 1 unspecified atom stereocenters. The molecule has 0 aromatic carbocycles. The molecular weight excluding hydrogens is 248 g/mol. The Morgan fingerprint density at radius 1 is 1.10 bits per heavy atom. The lowest BCUT2D eigenvalue weighted by Gasteiger charge is -2.40. The third kappa shape index (κ3) is 7.05. The van der Waals surface area contributed by atoms with Gasteiger partial charge in [-0.1, -0.05) is 34.6 Å². The van der Waals surface area contributed by atoms with Gasteiger partial charge < -0.3 is 10.1 Å². The Labute approximate surface area is 127 Å². The molecule has 20 heavy (non-hydrogen) atoms. The van der Waals surface area contributed by atoms with Crippen LogP contribution in [0.4, 0.5) is 0 Å². The smallest absolute Gasteiger partial charge is 0.0589 e. The highest BCUT2D eigenvalue weighted by atomic mass is 16.5. The number of hydrogen-bond acceptors (Lipinski definition) is 3. The zero-order chi connectivity index (χ0) is 15.6. The molecule has 0 amide bonds. The van der Waals surface area contributed by atoms with Crippen molar-refractivity contribution in [3.8, 4) is 0 Å². The first-order valence-electron chi connectivity index (χ1n) is 8.41. The zero-order valence-corrected chi connectivity index (χ0v) is 15.0. The molecule has 1 atom stereocenters. The fourth-order valence-electron chi connectivity index (χ4n) is 2.55. The maximum atomic E-state index is 5.29. The third-order valence-corrected chi connectivity index (χ3v) is 4.72. The van der Waals surface area contributed by atoms with Gasteiger partial charge in [0.1, 0.15) is 0 Å². The minimum Gasteiger partial charge on any atom is -0.383 e. The molecule has 0 bridgehead atoms. The van der Waals surface area contributed by atoms with Crippen molar-refractivity contribution < 1.29 is 4.74 Å². The molecule has 0 spiro atoms. The molecule has 0 rings (SSSR count). The maximum Gasteiger partial charge on any atom is 0.0589 e. The van der Waals surface area contributed by atoms with Crippen molar-refractivity contribution in [2.45, 2.75) is 72.9 Å². The van der Waals surface area contributed by atoms with Gasteiger partial charge in [0.05, 0.1) is 6.61 Å². The van der Waals surface area contributed by atoms with Gasteiger partial charge in [-0.15, -0.1) is 0 Å². The van der Waals surface area contributed by atoms with Gasteiger partial charge in [0.15, 0.2) is 0 Å². The highest BCUT2D eigenvalue weighted by Gasteiger charge is 2.30. The lowest BCUT2D eigenvalue weighted by molar-refractivity contribution is 0.0706. The van der Waals surface area contributed by atoms with E-state index in [9.17, 15) is 0 Å². The molecule has 0 fully saturated rings. The minimum absolute atomic E-state index is 0.376. The van der Waals surface area contributed by atoms with E-state index >= 15 is 0 Å². The standard InChI is InChI=1S/C17H38N2O/c1-8-16(6)19(11-12-20-7)14-17(9-2,10-3)13-18-15(4)5/h15-16,18H,8-14H2,1-7H3. The summed E-state index contributed by atoms with van der Waals surface area (Å²) in [5.74, 6) is 0. The molecular formula is C17H38N2O. The van der Waals surface area contributed by atoms with Crippen LogP contribution in [0.3, 0.4) is 0 Å². The van der Waals surface area contributed by atoms with E-state index in [4.69, 9.17) is 4.74 Å². The van der Waals surface area contributed by atoms with Gasteiger partial charge in [0.2, 0.25) is 0 Å². The minimum atomic E-state index is 0.376. The van der Waals surface area contributed by atoms with Crippen molar-refractivity contribution in [1.29, 1.82) is 0 Å². The molecule has 0 aliphatic carbocycles. The van der Waals surface area contributed by atoms with E-state index in [0.29, 0.717) is 17.5 Å². The summed E-state index contributed by atoms with van der Waals surface area (Å²) < 4.78 is 5.29. The molecule has 3 heteroatoms. The Bertz CT molecular complexity index is 227.